The first-order valence-electron chi connectivity index (χ1n) is 7.72. The smallest absolute Gasteiger partial charge is 0.325 e. The van der Waals surface area contributed by atoms with Gasteiger partial charge in [0, 0.05) is 32.5 Å². The average molecular weight is 312 g/mol. The molecular formula is C15H29N3O2Si. The molecule has 0 aromatic heterocycles. The van der Waals surface area contributed by atoms with Crippen LogP contribution in [0.3, 0.4) is 0 Å². The van der Waals surface area contributed by atoms with Crippen molar-refractivity contribution in [3.63, 3.8) is 0 Å². The summed E-state index contributed by atoms with van der Waals surface area (Å²) in [7, 11) is 0.219. The van der Waals surface area contributed by atoms with Crippen LogP contribution < -0.4 is 0 Å². The molecule has 21 heavy (non-hydrogen) atoms. The number of hydrogen-bond acceptors (Lipinski definition) is 3. The summed E-state index contributed by atoms with van der Waals surface area (Å²) < 4.78 is 6.43. The summed E-state index contributed by atoms with van der Waals surface area (Å²) in [6, 6.07) is 0.0944. The molecule has 1 atom stereocenters. The molecule has 0 radical (unpaired) electrons. The Morgan fingerprint density at radius 2 is 1.95 bits per heavy atom. The van der Waals surface area contributed by atoms with Crippen LogP contribution >= 0.6 is 0 Å². The Morgan fingerprint density at radius 3 is 2.48 bits per heavy atom. The molecule has 6 heteroatoms. The first-order chi connectivity index (χ1) is 9.60. The number of likely N-dealkylation sites (tertiary alicyclic amines) is 1. The molecule has 2 heterocycles. The summed E-state index contributed by atoms with van der Waals surface area (Å²) in [6.07, 6.45) is 4.92. The lowest BCUT2D eigenvalue weighted by molar-refractivity contribution is 0.156. The van der Waals surface area contributed by atoms with Gasteiger partial charge < -0.3 is 14.2 Å². The maximum Gasteiger partial charge on any atom is 0.325 e. The van der Waals surface area contributed by atoms with Crippen LogP contribution in [0.5, 0.6) is 0 Å². The van der Waals surface area contributed by atoms with Crippen molar-refractivity contribution >= 4 is 14.3 Å². The standard InChI is InChI=1S/C15H29N3O2Si/c1-15(2,3)21(5,6)20-13-7-8-17(11-13)14(19)18-10-9-16(4)12-18/h9-10,13H,7-8,11-12H2,1-6H3/t13-/m0/s1. The Bertz CT molecular complexity index is 431. The maximum atomic E-state index is 12.4. The molecule has 0 bridgehead atoms. The molecule has 0 aromatic rings. The predicted molar refractivity (Wildman–Crippen MR) is 87.3 cm³/mol. The van der Waals surface area contributed by atoms with Crippen LogP contribution in [0.15, 0.2) is 12.4 Å². The first kappa shape index (κ1) is 16.4. The van der Waals surface area contributed by atoms with Gasteiger partial charge in [0.25, 0.3) is 0 Å². The van der Waals surface area contributed by atoms with Gasteiger partial charge in [-0.3, -0.25) is 4.90 Å². The van der Waals surface area contributed by atoms with Crippen LogP contribution in [0.25, 0.3) is 0 Å². The Hall–Kier alpha value is -1.01. The van der Waals surface area contributed by atoms with Crippen molar-refractivity contribution in [2.24, 2.45) is 0 Å². The second kappa shape index (κ2) is 5.65. The van der Waals surface area contributed by atoms with Crippen LogP contribution in [0.2, 0.25) is 18.1 Å². The minimum atomic E-state index is -1.75. The summed E-state index contributed by atoms with van der Waals surface area (Å²) in [5, 5.41) is 0.213. The van der Waals surface area contributed by atoms with Crippen molar-refractivity contribution in [3.05, 3.63) is 12.4 Å². The molecule has 0 aliphatic carbocycles. The summed E-state index contributed by atoms with van der Waals surface area (Å²) in [4.78, 5) is 18.1. The van der Waals surface area contributed by atoms with Crippen LogP contribution in [0.1, 0.15) is 27.2 Å². The molecule has 1 fully saturated rings. The normalized spacial score (nSPS) is 23.3. The van der Waals surface area contributed by atoms with E-state index in [1.165, 1.54) is 0 Å². The van der Waals surface area contributed by atoms with Crippen molar-refractivity contribution in [1.82, 2.24) is 14.7 Å². The van der Waals surface area contributed by atoms with E-state index in [0.717, 1.165) is 19.5 Å². The van der Waals surface area contributed by atoms with Crippen LogP contribution in [0, 0.1) is 0 Å². The minimum absolute atomic E-state index is 0.0944. The molecule has 5 nitrogen and oxygen atoms in total. The van der Waals surface area contributed by atoms with E-state index in [0.29, 0.717) is 6.67 Å². The van der Waals surface area contributed by atoms with Gasteiger partial charge in [0.2, 0.25) is 0 Å². The van der Waals surface area contributed by atoms with Gasteiger partial charge in [-0.15, -0.1) is 0 Å². The number of urea groups is 1. The summed E-state index contributed by atoms with van der Waals surface area (Å²) in [6.45, 7) is 13.5. The number of hydrogen-bond donors (Lipinski definition) is 0. The third-order valence-electron chi connectivity index (χ3n) is 4.81. The highest BCUT2D eigenvalue weighted by molar-refractivity contribution is 6.74. The molecule has 1 saturated heterocycles. The molecule has 2 rings (SSSR count). The quantitative estimate of drug-likeness (QED) is 0.736. The van der Waals surface area contributed by atoms with Crippen molar-refractivity contribution in [1.29, 1.82) is 0 Å². The highest BCUT2D eigenvalue weighted by Gasteiger charge is 2.41. The largest absolute Gasteiger partial charge is 0.412 e. The van der Waals surface area contributed by atoms with E-state index in [2.05, 4.69) is 33.9 Å². The zero-order valence-corrected chi connectivity index (χ0v) is 15.2. The minimum Gasteiger partial charge on any atom is -0.412 e. The van der Waals surface area contributed by atoms with E-state index >= 15 is 0 Å². The van der Waals surface area contributed by atoms with Crippen molar-refractivity contribution < 1.29 is 9.22 Å². The van der Waals surface area contributed by atoms with Gasteiger partial charge in [0.1, 0.15) is 0 Å². The zero-order chi connectivity index (χ0) is 15.8. The molecule has 0 unspecified atom stereocenters. The van der Waals surface area contributed by atoms with Gasteiger partial charge in [-0.2, -0.15) is 0 Å². The number of rotatable bonds is 2. The number of nitrogens with zero attached hydrogens (tertiary/aromatic N) is 3. The molecular weight excluding hydrogens is 282 g/mol. The second-order valence-corrected chi connectivity index (χ2v) is 12.4. The Morgan fingerprint density at radius 1 is 1.29 bits per heavy atom. The average Bonchev–Trinajstić information content (AvgIpc) is 2.95. The fraction of sp³-hybridized carbons (Fsp3) is 0.800. The van der Waals surface area contributed by atoms with E-state index in [9.17, 15) is 4.79 Å². The second-order valence-electron chi connectivity index (χ2n) is 7.68. The number of carbonyl (C=O) groups is 1. The molecule has 0 spiro atoms. The Balaban J connectivity index is 1.89. The molecule has 2 aliphatic rings. The molecule has 120 valence electrons. The van der Waals surface area contributed by atoms with Crippen LogP contribution in [0.4, 0.5) is 4.79 Å². The summed E-state index contributed by atoms with van der Waals surface area (Å²) in [5.41, 5.74) is 0. The topological polar surface area (TPSA) is 36.0 Å². The Labute approximate surface area is 129 Å². The summed E-state index contributed by atoms with van der Waals surface area (Å²) >= 11 is 0. The number of carbonyl (C=O) groups excluding carboxylic acids is 1. The van der Waals surface area contributed by atoms with Crippen molar-refractivity contribution in [2.75, 3.05) is 26.8 Å². The van der Waals surface area contributed by atoms with E-state index < -0.39 is 8.32 Å². The first-order valence-corrected chi connectivity index (χ1v) is 10.6. The van der Waals surface area contributed by atoms with Gasteiger partial charge >= 0.3 is 6.03 Å². The van der Waals surface area contributed by atoms with Gasteiger partial charge in [0.15, 0.2) is 8.32 Å². The number of amides is 2. The lowest BCUT2D eigenvalue weighted by Crippen LogP contribution is -2.45. The molecule has 2 amide bonds. The monoisotopic (exact) mass is 311 g/mol. The fourth-order valence-corrected chi connectivity index (χ4v) is 3.81. The summed E-state index contributed by atoms with van der Waals surface area (Å²) in [5.74, 6) is 0. The lowest BCUT2D eigenvalue weighted by Gasteiger charge is -2.38. The molecule has 0 N–H and O–H groups in total. The van der Waals surface area contributed by atoms with Crippen molar-refractivity contribution in [2.45, 2.75) is 51.4 Å². The van der Waals surface area contributed by atoms with Crippen molar-refractivity contribution in [3.8, 4) is 0 Å². The van der Waals surface area contributed by atoms with Crippen LogP contribution in [-0.2, 0) is 4.43 Å². The van der Waals surface area contributed by atoms with Gasteiger partial charge in [-0.1, -0.05) is 20.8 Å². The van der Waals surface area contributed by atoms with Gasteiger partial charge in [-0.25, -0.2) is 4.79 Å². The zero-order valence-electron chi connectivity index (χ0n) is 14.2. The van der Waals surface area contributed by atoms with E-state index in [1.54, 1.807) is 4.90 Å². The molecule has 0 aromatic carbocycles. The molecule has 0 saturated carbocycles. The third-order valence-corrected chi connectivity index (χ3v) is 9.34. The Kier molecular flexibility index (Phi) is 4.40. The van der Waals surface area contributed by atoms with Gasteiger partial charge in [0.05, 0.1) is 12.8 Å². The predicted octanol–water partition coefficient (Wildman–Crippen LogP) is 2.88. The van der Waals surface area contributed by atoms with Crippen LogP contribution in [-0.4, -0.2) is 62.0 Å². The van der Waals surface area contributed by atoms with Gasteiger partial charge in [-0.05, 0) is 24.6 Å². The third kappa shape index (κ3) is 3.60. The van der Waals surface area contributed by atoms with E-state index in [4.69, 9.17) is 4.43 Å². The maximum absolute atomic E-state index is 12.4. The SMILES string of the molecule is CN1C=CN(C(=O)N2CC[C@H](O[Si](C)(C)C(C)(C)C)C2)C1. The highest BCUT2D eigenvalue weighted by Crippen LogP contribution is 2.38. The molecule has 2 aliphatic heterocycles. The highest BCUT2D eigenvalue weighted by atomic mass is 28.4. The van der Waals surface area contributed by atoms with E-state index in [1.807, 2.05) is 29.2 Å². The fourth-order valence-electron chi connectivity index (χ4n) is 2.43. The lowest BCUT2D eigenvalue weighted by atomic mass is 10.2. The van der Waals surface area contributed by atoms with E-state index in [-0.39, 0.29) is 17.2 Å².